The highest BCUT2D eigenvalue weighted by molar-refractivity contribution is 7.26. The van der Waals surface area contributed by atoms with Gasteiger partial charge in [0.05, 0.1) is 24.1 Å². The molecule has 0 saturated heterocycles. The zero-order valence-corrected chi connectivity index (χ0v) is 28.8. The van der Waals surface area contributed by atoms with Crippen molar-refractivity contribution in [1.29, 1.82) is 0 Å². The van der Waals surface area contributed by atoms with Gasteiger partial charge in [-0.1, -0.05) is 115 Å². The number of rotatable bonds is 5. The van der Waals surface area contributed by atoms with Gasteiger partial charge in [-0.25, -0.2) is 0 Å². The molecule has 3 nitrogen and oxygen atoms in total. The van der Waals surface area contributed by atoms with Crippen molar-refractivity contribution in [3.8, 4) is 0 Å². The van der Waals surface area contributed by atoms with Crippen LogP contribution in [0, 0.1) is 0 Å². The SMILES string of the molecule is [2H]c1c([2H])c([2H])c(N2c3ccccc3B3c4ccc(N(c5ccccc5)c5cccc6c5sc5ccccc56)cc4N(c4c([2H])c([2H])c([2H])c([2H])c4[2H])c4cccc2c43)c([2H])c1[2H]. The van der Waals surface area contributed by atoms with E-state index in [1.807, 2.05) is 91.0 Å². The van der Waals surface area contributed by atoms with Crippen LogP contribution < -0.4 is 31.1 Å². The Morgan fingerprint density at radius 2 is 1.09 bits per heavy atom. The van der Waals surface area contributed by atoms with Crippen LogP contribution in [-0.2, 0) is 0 Å². The maximum atomic E-state index is 9.34. The van der Waals surface area contributed by atoms with E-state index in [4.69, 9.17) is 11.0 Å². The molecule has 8 aromatic carbocycles. The number of para-hydroxylation sites is 4. The molecule has 0 aliphatic carbocycles. The molecule has 2 aliphatic rings. The van der Waals surface area contributed by atoms with Crippen molar-refractivity contribution in [1.82, 2.24) is 0 Å². The largest absolute Gasteiger partial charge is 0.311 e. The quantitative estimate of drug-likeness (QED) is 0.165. The average molecular weight is 704 g/mol. The predicted molar refractivity (Wildman–Crippen MR) is 228 cm³/mol. The Kier molecular flexibility index (Phi) is 4.92. The standard InChI is InChI=1S/C48H32BN3S/c1-4-16-33(17-5-1)50(44-28-14-23-38-37-22-10-13-29-46(37)53-48(38)44)36-30-31-40-45(32-36)52(35-20-8-3-9-21-35)43-27-15-26-42-47(43)49(40)39-24-11-12-25-41(39)51(42)34-18-6-2-7-19-34/h1-32H/i2D,3D,6D,7D,8D,9D,18D,19D,20D,21D. The van der Waals surface area contributed by atoms with Gasteiger partial charge in [0.15, 0.2) is 0 Å². The van der Waals surface area contributed by atoms with Crippen molar-refractivity contribution in [2.24, 2.45) is 0 Å². The molecule has 0 amide bonds. The van der Waals surface area contributed by atoms with E-state index >= 15 is 0 Å². The normalized spacial score (nSPS) is 15.4. The van der Waals surface area contributed by atoms with Crippen LogP contribution >= 0.6 is 11.3 Å². The molecule has 0 unspecified atom stereocenters. The summed E-state index contributed by atoms with van der Waals surface area (Å²) < 4.78 is 90.8. The maximum absolute atomic E-state index is 9.34. The van der Waals surface area contributed by atoms with Crippen LogP contribution in [0.5, 0.6) is 0 Å². The lowest BCUT2D eigenvalue weighted by atomic mass is 9.33. The van der Waals surface area contributed by atoms with Crippen LogP contribution in [0.25, 0.3) is 20.2 Å². The number of fused-ring (bicyclic) bond motifs is 7. The van der Waals surface area contributed by atoms with Crippen molar-refractivity contribution >= 4 is 106 Å². The van der Waals surface area contributed by atoms with E-state index in [1.54, 1.807) is 27.2 Å². The topological polar surface area (TPSA) is 9.72 Å². The fourth-order valence-corrected chi connectivity index (χ4v) is 9.32. The zero-order valence-electron chi connectivity index (χ0n) is 38.0. The molecule has 2 aliphatic heterocycles. The third kappa shape index (κ3) is 4.61. The summed E-state index contributed by atoms with van der Waals surface area (Å²) in [4.78, 5) is 5.64. The maximum Gasteiger partial charge on any atom is 0.252 e. The minimum atomic E-state index is -0.513. The van der Waals surface area contributed by atoms with Crippen molar-refractivity contribution < 1.29 is 13.7 Å². The molecular formula is C48H32BN3S. The van der Waals surface area contributed by atoms with Crippen LogP contribution in [0.4, 0.5) is 51.2 Å². The molecule has 11 rings (SSSR count). The molecule has 0 atom stereocenters. The van der Waals surface area contributed by atoms with Gasteiger partial charge in [-0.2, -0.15) is 0 Å². The molecule has 3 heterocycles. The Morgan fingerprint density at radius 3 is 1.87 bits per heavy atom. The Morgan fingerprint density at radius 1 is 0.491 bits per heavy atom. The van der Waals surface area contributed by atoms with Gasteiger partial charge in [0.2, 0.25) is 0 Å². The van der Waals surface area contributed by atoms with Crippen LogP contribution in [0.15, 0.2) is 194 Å². The minimum Gasteiger partial charge on any atom is -0.311 e. The third-order valence-electron chi connectivity index (χ3n) is 10.2. The predicted octanol–water partition coefficient (Wildman–Crippen LogP) is 11.6. The number of nitrogens with zero attached hydrogens (tertiary/aromatic N) is 3. The highest BCUT2D eigenvalue weighted by Gasteiger charge is 2.43. The number of thiophene rings is 1. The summed E-state index contributed by atoms with van der Waals surface area (Å²) in [5.74, 6) is 0. The summed E-state index contributed by atoms with van der Waals surface area (Å²) in [5.41, 5.74) is 7.09. The lowest BCUT2D eigenvalue weighted by molar-refractivity contribution is 1.24. The first-order valence-corrected chi connectivity index (χ1v) is 18.1. The molecule has 0 N–H and O–H groups in total. The number of hydrogen-bond acceptors (Lipinski definition) is 4. The first-order chi connectivity index (χ1) is 30.5. The van der Waals surface area contributed by atoms with E-state index in [0.29, 0.717) is 28.2 Å². The summed E-state index contributed by atoms with van der Waals surface area (Å²) in [6, 6.07) is 39.4. The molecule has 0 spiro atoms. The van der Waals surface area contributed by atoms with Gasteiger partial charge in [0, 0.05) is 61.0 Å². The van der Waals surface area contributed by atoms with Crippen molar-refractivity contribution in [2.75, 3.05) is 14.7 Å². The molecule has 0 fully saturated rings. The highest BCUT2D eigenvalue weighted by Crippen LogP contribution is 2.48. The van der Waals surface area contributed by atoms with Gasteiger partial charge < -0.3 is 14.7 Å². The molecule has 9 aromatic rings. The Balaban J connectivity index is 1.23. The van der Waals surface area contributed by atoms with Crippen LogP contribution in [0.2, 0.25) is 0 Å². The molecule has 0 bridgehead atoms. The Labute approximate surface area is 327 Å². The minimum absolute atomic E-state index is 0.0234. The number of hydrogen-bond donors (Lipinski definition) is 0. The summed E-state index contributed by atoms with van der Waals surface area (Å²) in [7, 11) is 0. The van der Waals surface area contributed by atoms with Crippen LogP contribution in [0.3, 0.4) is 0 Å². The Hall–Kier alpha value is -6.56. The number of benzene rings is 8. The first-order valence-electron chi connectivity index (χ1n) is 22.3. The highest BCUT2D eigenvalue weighted by atomic mass is 32.1. The van der Waals surface area contributed by atoms with Crippen LogP contribution in [-0.4, -0.2) is 6.71 Å². The molecular weight excluding hydrogens is 661 g/mol. The second-order valence-electron chi connectivity index (χ2n) is 13.0. The van der Waals surface area contributed by atoms with E-state index in [1.165, 1.54) is 0 Å². The summed E-state index contributed by atoms with van der Waals surface area (Å²) in [5, 5.41) is 2.28. The van der Waals surface area contributed by atoms with Crippen LogP contribution in [0.1, 0.15) is 13.7 Å². The smallest absolute Gasteiger partial charge is 0.252 e. The first kappa shape index (κ1) is 21.7. The summed E-state index contributed by atoms with van der Waals surface area (Å²) >= 11 is 1.71. The molecule has 1 aromatic heterocycles. The van der Waals surface area contributed by atoms with Gasteiger partial charge in [0.25, 0.3) is 6.71 Å². The summed E-state index contributed by atoms with van der Waals surface area (Å²) in [6.07, 6.45) is 0. The van der Waals surface area contributed by atoms with Gasteiger partial charge in [-0.05, 0) is 95.2 Å². The fraction of sp³-hybridized carbons (Fsp3) is 0. The van der Waals surface area contributed by atoms with E-state index in [9.17, 15) is 2.74 Å². The molecule has 248 valence electrons. The second kappa shape index (κ2) is 12.0. The van der Waals surface area contributed by atoms with Crippen molar-refractivity contribution in [2.45, 2.75) is 0 Å². The fourth-order valence-electron chi connectivity index (χ4n) is 8.11. The second-order valence-corrected chi connectivity index (χ2v) is 14.0. The average Bonchev–Trinajstić information content (AvgIpc) is 3.70. The Bertz CT molecular complexity index is 3360. The van der Waals surface area contributed by atoms with Gasteiger partial charge >= 0.3 is 0 Å². The molecule has 53 heavy (non-hydrogen) atoms. The van der Waals surface area contributed by atoms with Gasteiger partial charge in [-0.3, -0.25) is 0 Å². The van der Waals surface area contributed by atoms with E-state index < -0.39 is 43.0 Å². The van der Waals surface area contributed by atoms with E-state index in [0.717, 1.165) is 48.2 Å². The van der Waals surface area contributed by atoms with Crippen molar-refractivity contribution in [3.05, 3.63) is 194 Å². The van der Waals surface area contributed by atoms with Crippen molar-refractivity contribution in [3.63, 3.8) is 0 Å². The monoisotopic (exact) mass is 703 g/mol. The van der Waals surface area contributed by atoms with E-state index in [2.05, 4.69) is 41.3 Å². The van der Waals surface area contributed by atoms with Gasteiger partial charge in [-0.15, -0.1) is 11.3 Å². The van der Waals surface area contributed by atoms with Gasteiger partial charge in [0.1, 0.15) is 0 Å². The lowest BCUT2D eigenvalue weighted by Crippen LogP contribution is -2.61. The number of anilines is 9. The molecule has 0 radical (unpaired) electrons. The summed E-state index contributed by atoms with van der Waals surface area (Å²) in [6.45, 7) is -0.477. The van der Waals surface area contributed by atoms with E-state index in [-0.39, 0.29) is 35.5 Å². The molecule has 5 heteroatoms. The third-order valence-corrected chi connectivity index (χ3v) is 11.4. The zero-order chi connectivity index (χ0) is 43.6. The lowest BCUT2D eigenvalue weighted by Gasteiger charge is -2.44. The molecule has 0 saturated carbocycles.